The van der Waals surface area contributed by atoms with Crippen molar-refractivity contribution in [2.45, 2.75) is 26.3 Å². The lowest BCUT2D eigenvalue weighted by Gasteiger charge is -2.11. The maximum atomic E-state index is 10.7. The summed E-state index contributed by atoms with van der Waals surface area (Å²) in [6, 6.07) is 10.4. The quantitative estimate of drug-likeness (QED) is 0.770. The van der Waals surface area contributed by atoms with Crippen LogP contribution in [-0.4, -0.2) is 25.4 Å². The van der Waals surface area contributed by atoms with Gasteiger partial charge in [-0.3, -0.25) is 9.59 Å². The zero-order valence-electron chi connectivity index (χ0n) is 10.6. The monoisotopic (exact) mass is 236 g/mol. The van der Waals surface area contributed by atoms with Gasteiger partial charge in [-0.25, -0.2) is 0 Å². The Morgan fingerprint density at radius 1 is 1.35 bits per heavy atom. The van der Waals surface area contributed by atoms with Crippen LogP contribution in [0.15, 0.2) is 30.3 Å². The van der Waals surface area contributed by atoms with E-state index < -0.39 is 0 Å². The van der Waals surface area contributed by atoms with E-state index >= 15 is 0 Å². The van der Waals surface area contributed by atoms with Crippen molar-refractivity contribution in [2.75, 3.05) is 7.05 Å². The molecule has 0 bridgehead atoms. The minimum absolute atomic E-state index is 0.0310. The van der Waals surface area contributed by atoms with Crippen LogP contribution in [0.3, 0.4) is 0 Å². The standard InChI is InChI=1S/C11H15NO.C2H5NO/c1-9(12-10(2)13)8-11-6-4-3-5-7-11;1-3-2-4/h3-7,9H,8H2,1-2H3,(H,12,13);2H,1H3,(H,3,4)/t9-;/m1./s1. The van der Waals surface area contributed by atoms with E-state index in [9.17, 15) is 4.79 Å². The Kier molecular flexibility index (Phi) is 8.37. The Bertz CT molecular complexity index is 325. The molecule has 0 aromatic heterocycles. The average molecular weight is 236 g/mol. The number of hydrogen-bond acceptors (Lipinski definition) is 2. The third kappa shape index (κ3) is 9.11. The Labute approximate surface area is 102 Å². The van der Waals surface area contributed by atoms with E-state index in [0.717, 1.165) is 6.42 Å². The fourth-order valence-corrected chi connectivity index (χ4v) is 1.37. The molecular weight excluding hydrogens is 216 g/mol. The summed E-state index contributed by atoms with van der Waals surface area (Å²) in [6.07, 6.45) is 1.51. The fraction of sp³-hybridized carbons (Fsp3) is 0.385. The molecule has 0 aliphatic carbocycles. The van der Waals surface area contributed by atoms with Crippen molar-refractivity contribution in [3.05, 3.63) is 35.9 Å². The molecule has 2 amide bonds. The molecule has 0 radical (unpaired) electrons. The highest BCUT2D eigenvalue weighted by molar-refractivity contribution is 5.73. The van der Waals surface area contributed by atoms with Crippen molar-refractivity contribution in [1.82, 2.24) is 10.6 Å². The van der Waals surface area contributed by atoms with Crippen LogP contribution >= 0.6 is 0 Å². The van der Waals surface area contributed by atoms with E-state index in [4.69, 9.17) is 4.79 Å². The van der Waals surface area contributed by atoms with Crippen LogP contribution in [0.1, 0.15) is 19.4 Å². The average Bonchev–Trinajstić information content (AvgIpc) is 2.29. The summed E-state index contributed by atoms with van der Waals surface area (Å²) in [4.78, 5) is 19.8. The first-order valence-electron chi connectivity index (χ1n) is 5.52. The van der Waals surface area contributed by atoms with Crippen molar-refractivity contribution in [3.8, 4) is 0 Å². The fourth-order valence-electron chi connectivity index (χ4n) is 1.37. The molecule has 1 atom stereocenters. The molecule has 1 aromatic carbocycles. The van der Waals surface area contributed by atoms with Gasteiger partial charge in [0.05, 0.1) is 0 Å². The molecule has 17 heavy (non-hydrogen) atoms. The second-order valence-corrected chi connectivity index (χ2v) is 3.70. The SMILES string of the molecule is CC(=O)N[C@H](C)Cc1ccccc1.CNC=O. The predicted octanol–water partition coefficient (Wildman–Crippen LogP) is 1.12. The minimum Gasteiger partial charge on any atom is -0.362 e. The van der Waals surface area contributed by atoms with Gasteiger partial charge in [0.15, 0.2) is 0 Å². The van der Waals surface area contributed by atoms with E-state index in [1.165, 1.54) is 5.56 Å². The molecule has 0 heterocycles. The number of nitrogens with one attached hydrogen (secondary N) is 2. The maximum absolute atomic E-state index is 10.7. The first-order chi connectivity index (χ1) is 8.10. The summed E-state index contributed by atoms with van der Waals surface area (Å²) in [5.74, 6) is 0.0310. The van der Waals surface area contributed by atoms with Crippen LogP contribution in [0.25, 0.3) is 0 Å². The first-order valence-corrected chi connectivity index (χ1v) is 5.52. The van der Waals surface area contributed by atoms with E-state index in [2.05, 4.69) is 22.8 Å². The van der Waals surface area contributed by atoms with Gasteiger partial charge in [-0.05, 0) is 18.9 Å². The Morgan fingerprint density at radius 3 is 2.29 bits per heavy atom. The van der Waals surface area contributed by atoms with Gasteiger partial charge >= 0.3 is 0 Å². The van der Waals surface area contributed by atoms with Crippen molar-refractivity contribution in [2.24, 2.45) is 0 Å². The third-order valence-corrected chi connectivity index (χ3v) is 1.95. The van der Waals surface area contributed by atoms with Crippen LogP contribution in [-0.2, 0) is 16.0 Å². The number of amides is 2. The maximum Gasteiger partial charge on any atom is 0.217 e. The first kappa shape index (κ1) is 15.2. The summed E-state index contributed by atoms with van der Waals surface area (Å²) in [6.45, 7) is 3.55. The molecular formula is C13H20N2O2. The molecule has 0 saturated heterocycles. The normalized spacial score (nSPS) is 10.5. The van der Waals surface area contributed by atoms with Gasteiger partial charge in [0.2, 0.25) is 12.3 Å². The minimum atomic E-state index is 0.0310. The Balaban J connectivity index is 0.000000557. The molecule has 0 unspecified atom stereocenters. The molecule has 0 spiro atoms. The summed E-state index contributed by atoms with van der Waals surface area (Å²) in [5.41, 5.74) is 1.25. The third-order valence-electron chi connectivity index (χ3n) is 1.95. The van der Waals surface area contributed by atoms with Gasteiger partial charge in [0.25, 0.3) is 0 Å². The van der Waals surface area contributed by atoms with Crippen LogP contribution in [0, 0.1) is 0 Å². The molecule has 94 valence electrons. The molecule has 0 aliphatic heterocycles. The highest BCUT2D eigenvalue weighted by atomic mass is 16.1. The molecule has 4 nitrogen and oxygen atoms in total. The van der Waals surface area contributed by atoms with Gasteiger partial charge in [-0.1, -0.05) is 30.3 Å². The van der Waals surface area contributed by atoms with Gasteiger partial charge in [0.1, 0.15) is 0 Å². The Morgan fingerprint density at radius 2 is 1.88 bits per heavy atom. The Hall–Kier alpha value is -1.84. The zero-order valence-corrected chi connectivity index (χ0v) is 10.6. The second-order valence-electron chi connectivity index (χ2n) is 3.70. The lowest BCUT2D eigenvalue weighted by atomic mass is 10.1. The second kappa shape index (κ2) is 9.39. The molecule has 0 fully saturated rings. The van der Waals surface area contributed by atoms with Crippen LogP contribution < -0.4 is 10.6 Å². The lowest BCUT2D eigenvalue weighted by molar-refractivity contribution is -0.119. The van der Waals surface area contributed by atoms with E-state index in [-0.39, 0.29) is 11.9 Å². The summed E-state index contributed by atoms with van der Waals surface area (Å²) < 4.78 is 0. The molecule has 1 rings (SSSR count). The smallest absolute Gasteiger partial charge is 0.217 e. The largest absolute Gasteiger partial charge is 0.362 e. The van der Waals surface area contributed by atoms with Crippen LogP contribution in [0.5, 0.6) is 0 Å². The molecule has 2 N–H and O–H groups in total. The number of hydrogen-bond donors (Lipinski definition) is 2. The molecule has 1 aromatic rings. The highest BCUT2D eigenvalue weighted by Crippen LogP contribution is 2.02. The van der Waals surface area contributed by atoms with E-state index in [1.807, 2.05) is 25.1 Å². The summed E-state index contributed by atoms with van der Waals surface area (Å²) in [7, 11) is 1.56. The van der Waals surface area contributed by atoms with Gasteiger partial charge < -0.3 is 10.6 Å². The van der Waals surface area contributed by atoms with Crippen molar-refractivity contribution in [1.29, 1.82) is 0 Å². The number of benzene rings is 1. The molecule has 4 heteroatoms. The van der Waals surface area contributed by atoms with E-state index in [1.54, 1.807) is 14.0 Å². The van der Waals surface area contributed by atoms with Gasteiger partial charge in [-0.15, -0.1) is 0 Å². The van der Waals surface area contributed by atoms with Crippen molar-refractivity contribution >= 4 is 12.3 Å². The van der Waals surface area contributed by atoms with Crippen molar-refractivity contribution < 1.29 is 9.59 Å². The predicted molar refractivity (Wildman–Crippen MR) is 68.5 cm³/mol. The summed E-state index contributed by atoms with van der Waals surface area (Å²) in [5, 5.41) is 5.10. The summed E-state index contributed by atoms with van der Waals surface area (Å²) >= 11 is 0. The van der Waals surface area contributed by atoms with Crippen LogP contribution in [0.2, 0.25) is 0 Å². The number of rotatable bonds is 4. The lowest BCUT2D eigenvalue weighted by Crippen LogP contribution is -2.31. The van der Waals surface area contributed by atoms with E-state index in [0.29, 0.717) is 6.41 Å². The molecule has 0 saturated carbocycles. The van der Waals surface area contributed by atoms with Crippen molar-refractivity contribution in [3.63, 3.8) is 0 Å². The highest BCUT2D eigenvalue weighted by Gasteiger charge is 2.03. The van der Waals surface area contributed by atoms with Crippen LogP contribution in [0.4, 0.5) is 0 Å². The zero-order chi connectivity index (χ0) is 13.1. The van der Waals surface area contributed by atoms with Gasteiger partial charge in [-0.2, -0.15) is 0 Å². The van der Waals surface area contributed by atoms with Gasteiger partial charge in [0, 0.05) is 20.0 Å². The molecule has 0 aliphatic rings. The number of carbonyl (C=O) groups is 2. The topological polar surface area (TPSA) is 58.2 Å². The number of carbonyl (C=O) groups excluding carboxylic acids is 2.